The minimum absolute atomic E-state index is 0.0677. The van der Waals surface area contributed by atoms with Crippen LogP contribution in [-0.4, -0.2) is 68.3 Å². The summed E-state index contributed by atoms with van der Waals surface area (Å²) in [5, 5.41) is 8.64. The number of sulfonamides is 1. The molecule has 0 aromatic carbocycles. The van der Waals surface area contributed by atoms with Crippen molar-refractivity contribution in [3.05, 3.63) is 0 Å². The first-order valence-electron chi connectivity index (χ1n) is 5.83. The molecule has 6 heteroatoms. The maximum Gasteiger partial charge on any atom is 0.214 e. The van der Waals surface area contributed by atoms with Crippen molar-refractivity contribution >= 4 is 10.0 Å². The van der Waals surface area contributed by atoms with Gasteiger partial charge in [-0.1, -0.05) is 0 Å². The Morgan fingerprint density at radius 3 is 2.56 bits per heavy atom. The summed E-state index contributed by atoms with van der Waals surface area (Å²) in [4.78, 5) is 2.16. The molecule has 1 fully saturated rings. The van der Waals surface area contributed by atoms with Gasteiger partial charge in [-0.05, 0) is 32.9 Å². The van der Waals surface area contributed by atoms with Crippen LogP contribution in [0, 0.1) is 0 Å². The maximum atomic E-state index is 11.9. The predicted molar refractivity (Wildman–Crippen MR) is 63.8 cm³/mol. The Labute approximate surface area is 98.1 Å². The molecule has 0 saturated carbocycles. The number of aliphatic hydroxyl groups is 1. The van der Waals surface area contributed by atoms with Gasteiger partial charge in [0, 0.05) is 26.2 Å². The van der Waals surface area contributed by atoms with Crippen LogP contribution >= 0.6 is 0 Å². The van der Waals surface area contributed by atoms with Crippen LogP contribution in [0.15, 0.2) is 0 Å². The molecule has 0 unspecified atom stereocenters. The second-order valence-corrected chi connectivity index (χ2v) is 6.39. The van der Waals surface area contributed by atoms with Gasteiger partial charge in [0.25, 0.3) is 0 Å². The summed E-state index contributed by atoms with van der Waals surface area (Å²) in [5.74, 6) is 0.164. The van der Waals surface area contributed by atoms with Gasteiger partial charge < -0.3 is 10.0 Å². The normalized spacial score (nSPS) is 20.9. The molecule has 1 saturated heterocycles. The summed E-state index contributed by atoms with van der Waals surface area (Å²) in [6.45, 7) is 3.06. The number of rotatable bonds is 5. The standard InChI is InChI=1S/C10H22N2O3S/c1-11-5-4-6-12(8-7-11)16(14,15)10-3-2-9-13/h13H,2-10H2,1H3. The zero-order chi connectivity index (χ0) is 12.0. The molecule has 0 spiro atoms. The largest absolute Gasteiger partial charge is 0.396 e. The molecule has 0 aromatic heterocycles. The topological polar surface area (TPSA) is 60.9 Å². The molecule has 1 aliphatic rings. The van der Waals surface area contributed by atoms with Crippen molar-refractivity contribution in [2.24, 2.45) is 0 Å². The SMILES string of the molecule is CN1CCCN(S(=O)(=O)CCCCO)CC1. The van der Waals surface area contributed by atoms with E-state index in [4.69, 9.17) is 5.11 Å². The van der Waals surface area contributed by atoms with Crippen molar-refractivity contribution in [2.75, 3.05) is 45.6 Å². The number of hydrogen-bond donors (Lipinski definition) is 1. The monoisotopic (exact) mass is 250 g/mol. The van der Waals surface area contributed by atoms with Crippen molar-refractivity contribution < 1.29 is 13.5 Å². The summed E-state index contributed by atoms with van der Waals surface area (Å²) in [6, 6.07) is 0. The number of hydrogen-bond acceptors (Lipinski definition) is 4. The summed E-state index contributed by atoms with van der Waals surface area (Å²) < 4.78 is 25.5. The van der Waals surface area contributed by atoms with E-state index in [2.05, 4.69) is 4.90 Å². The summed E-state index contributed by atoms with van der Waals surface area (Å²) in [5.41, 5.74) is 0. The van der Waals surface area contributed by atoms with Crippen molar-refractivity contribution in [1.82, 2.24) is 9.21 Å². The van der Waals surface area contributed by atoms with Crippen LogP contribution in [0.4, 0.5) is 0 Å². The molecule has 0 aromatic rings. The van der Waals surface area contributed by atoms with Gasteiger partial charge in [0.2, 0.25) is 10.0 Å². The van der Waals surface area contributed by atoms with Gasteiger partial charge in [-0.3, -0.25) is 0 Å². The fraction of sp³-hybridized carbons (Fsp3) is 1.00. The first-order chi connectivity index (χ1) is 7.56. The van der Waals surface area contributed by atoms with Crippen LogP contribution in [0.25, 0.3) is 0 Å². The molecule has 96 valence electrons. The molecule has 0 radical (unpaired) electrons. The quantitative estimate of drug-likeness (QED) is 0.682. The minimum atomic E-state index is -3.11. The van der Waals surface area contributed by atoms with Crippen LogP contribution in [0.1, 0.15) is 19.3 Å². The van der Waals surface area contributed by atoms with Gasteiger partial charge in [0.1, 0.15) is 0 Å². The molecule has 0 amide bonds. The highest BCUT2D eigenvalue weighted by Gasteiger charge is 2.23. The lowest BCUT2D eigenvalue weighted by Crippen LogP contribution is -2.36. The van der Waals surface area contributed by atoms with Crippen molar-refractivity contribution in [1.29, 1.82) is 0 Å². The molecule has 1 N–H and O–H groups in total. The highest BCUT2D eigenvalue weighted by Crippen LogP contribution is 2.09. The van der Waals surface area contributed by atoms with Crippen molar-refractivity contribution in [3.63, 3.8) is 0 Å². The van der Waals surface area contributed by atoms with Crippen LogP contribution in [-0.2, 0) is 10.0 Å². The predicted octanol–water partition coefficient (Wildman–Crippen LogP) is -0.274. The van der Waals surface area contributed by atoms with E-state index in [1.165, 1.54) is 0 Å². The fourth-order valence-corrected chi connectivity index (χ4v) is 3.42. The third-order valence-corrected chi connectivity index (χ3v) is 4.84. The lowest BCUT2D eigenvalue weighted by molar-refractivity contribution is 0.286. The molecule has 16 heavy (non-hydrogen) atoms. The second kappa shape index (κ2) is 6.54. The Morgan fingerprint density at radius 2 is 1.88 bits per heavy atom. The molecule has 1 rings (SSSR count). The number of aliphatic hydroxyl groups excluding tert-OH is 1. The van der Waals surface area contributed by atoms with E-state index in [1.54, 1.807) is 4.31 Å². The average molecular weight is 250 g/mol. The lowest BCUT2D eigenvalue weighted by atomic mass is 10.4. The first kappa shape index (κ1) is 13.9. The smallest absolute Gasteiger partial charge is 0.214 e. The van der Waals surface area contributed by atoms with Gasteiger partial charge in [-0.15, -0.1) is 0 Å². The first-order valence-corrected chi connectivity index (χ1v) is 7.44. The summed E-state index contributed by atoms with van der Waals surface area (Å²) >= 11 is 0. The van der Waals surface area contributed by atoms with Gasteiger partial charge in [0.05, 0.1) is 5.75 Å². The zero-order valence-corrected chi connectivity index (χ0v) is 10.7. The Morgan fingerprint density at radius 1 is 1.12 bits per heavy atom. The third kappa shape index (κ3) is 4.37. The Balaban J connectivity index is 2.47. The molecule has 0 bridgehead atoms. The molecular formula is C10H22N2O3S. The molecule has 0 atom stereocenters. The second-order valence-electron chi connectivity index (χ2n) is 4.30. The number of likely N-dealkylation sites (N-methyl/N-ethyl adjacent to an activating group) is 1. The van der Waals surface area contributed by atoms with Crippen LogP contribution in [0.3, 0.4) is 0 Å². The number of nitrogens with zero attached hydrogens (tertiary/aromatic N) is 2. The molecule has 5 nitrogen and oxygen atoms in total. The van der Waals surface area contributed by atoms with E-state index in [9.17, 15) is 8.42 Å². The summed E-state index contributed by atoms with van der Waals surface area (Å²) in [7, 11) is -1.09. The number of unbranched alkanes of at least 4 members (excludes halogenated alkanes) is 1. The fourth-order valence-electron chi connectivity index (χ4n) is 1.83. The van der Waals surface area contributed by atoms with Gasteiger partial charge in [-0.25, -0.2) is 12.7 Å². The van der Waals surface area contributed by atoms with Crippen LogP contribution < -0.4 is 0 Å². The molecule has 1 heterocycles. The Hall–Kier alpha value is -0.170. The highest BCUT2D eigenvalue weighted by molar-refractivity contribution is 7.89. The zero-order valence-electron chi connectivity index (χ0n) is 9.93. The lowest BCUT2D eigenvalue weighted by Gasteiger charge is -2.19. The maximum absolute atomic E-state index is 11.9. The minimum Gasteiger partial charge on any atom is -0.396 e. The molecule has 1 aliphatic heterocycles. The van der Waals surface area contributed by atoms with Crippen molar-refractivity contribution in [2.45, 2.75) is 19.3 Å². The van der Waals surface area contributed by atoms with Crippen molar-refractivity contribution in [3.8, 4) is 0 Å². The van der Waals surface area contributed by atoms with E-state index >= 15 is 0 Å². The van der Waals surface area contributed by atoms with Gasteiger partial charge in [-0.2, -0.15) is 0 Å². The van der Waals surface area contributed by atoms with E-state index in [0.717, 1.165) is 19.5 Å². The van der Waals surface area contributed by atoms with E-state index in [0.29, 0.717) is 25.9 Å². The summed E-state index contributed by atoms with van der Waals surface area (Å²) in [6.07, 6.45) is 2.01. The van der Waals surface area contributed by atoms with E-state index < -0.39 is 10.0 Å². The van der Waals surface area contributed by atoms with Gasteiger partial charge in [0.15, 0.2) is 0 Å². The Bertz CT molecular complexity index is 292. The van der Waals surface area contributed by atoms with Crippen LogP contribution in [0.5, 0.6) is 0 Å². The van der Waals surface area contributed by atoms with E-state index in [-0.39, 0.29) is 12.4 Å². The molecule has 0 aliphatic carbocycles. The molecular weight excluding hydrogens is 228 g/mol. The van der Waals surface area contributed by atoms with Crippen LogP contribution in [0.2, 0.25) is 0 Å². The average Bonchev–Trinajstić information content (AvgIpc) is 2.43. The van der Waals surface area contributed by atoms with Gasteiger partial charge >= 0.3 is 0 Å². The van der Waals surface area contributed by atoms with E-state index in [1.807, 2.05) is 7.05 Å². The Kier molecular flexibility index (Phi) is 5.68. The third-order valence-electron chi connectivity index (χ3n) is 2.88. The highest BCUT2D eigenvalue weighted by atomic mass is 32.2.